The van der Waals surface area contributed by atoms with Gasteiger partial charge in [0.2, 0.25) is 5.16 Å². The predicted octanol–water partition coefficient (Wildman–Crippen LogP) is -0.0878. The van der Waals surface area contributed by atoms with Crippen LogP contribution in [0, 0.1) is 0 Å². The van der Waals surface area contributed by atoms with Crippen molar-refractivity contribution in [1.82, 2.24) is 30.4 Å². The number of β-lactam (4-membered cyclic amide) rings is 1. The molecule has 3 aliphatic heterocycles. The zero-order valence-corrected chi connectivity index (χ0v) is 21.8. The second kappa shape index (κ2) is 11.6. The van der Waals surface area contributed by atoms with E-state index >= 15 is 0 Å². The Balaban J connectivity index is 1.47. The van der Waals surface area contributed by atoms with Crippen LogP contribution in [0.25, 0.3) is 0 Å². The Morgan fingerprint density at radius 3 is 2.81 bits per heavy atom. The first-order valence-corrected chi connectivity index (χ1v) is 14.3. The average molecular weight is 574 g/mol. The number of aromatic nitrogens is 4. The number of rotatable bonds is 10. The van der Waals surface area contributed by atoms with Gasteiger partial charge in [0.25, 0.3) is 11.8 Å². The van der Waals surface area contributed by atoms with Crippen LogP contribution in [0.15, 0.2) is 31.9 Å². The Bertz CT molecular complexity index is 1180. The summed E-state index contributed by atoms with van der Waals surface area (Å²) in [6.45, 7) is -0.439. The van der Waals surface area contributed by atoms with Crippen LogP contribution >= 0.6 is 47.0 Å². The van der Waals surface area contributed by atoms with Gasteiger partial charge in [0.05, 0.1) is 0 Å². The Morgan fingerprint density at radius 1 is 1.33 bits per heavy atom. The average Bonchev–Trinajstić information content (AvgIpc) is 3.30. The third kappa shape index (κ3) is 5.50. The molecule has 0 radical (unpaired) electrons. The summed E-state index contributed by atoms with van der Waals surface area (Å²) in [6.07, 6.45) is 0. The number of carboxylic acid groups (broad SMARTS) is 2. The monoisotopic (exact) mass is 573 g/mol. The lowest BCUT2D eigenvalue weighted by atomic mass is 10.0. The van der Waals surface area contributed by atoms with Crippen molar-refractivity contribution in [3.8, 4) is 0 Å². The minimum absolute atomic E-state index is 0.0620. The molecule has 1 aromatic rings. The van der Waals surface area contributed by atoms with Crippen LogP contribution in [0.2, 0.25) is 0 Å². The number of oxime groups is 1. The first-order valence-electron chi connectivity index (χ1n) is 10.2. The smallest absolute Gasteiger partial charge is 0.352 e. The summed E-state index contributed by atoms with van der Waals surface area (Å²) in [7, 11) is 1.32. The number of hydrogen-bond donors (Lipinski definition) is 3. The fraction of sp³-hybridized carbons (Fsp3) is 0.444. The van der Waals surface area contributed by atoms with E-state index in [1.807, 2.05) is 5.41 Å². The van der Waals surface area contributed by atoms with Crippen LogP contribution in [0.4, 0.5) is 0 Å². The van der Waals surface area contributed by atoms with Gasteiger partial charge in [-0.25, -0.2) is 9.48 Å². The summed E-state index contributed by atoms with van der Waals surface area (Å²) in [4.78, 5) is 55.5. The first kappa shape index (κ1) is 26.4. The van der Waals surface area contributed by atoms with Gasteiger partial charge < -0.3 is 20.4 Å². The van der Waals surface area contributed by atoms with Gasteiger partial charge >= 0.3 is 11.9 Å². The number of thioether (sulfide) groups is 4. The largest absolute Gasteiger partial charge is 0.480 e. The van der Waals surface area contributed by atoms with E-state index in [4.69, 9.17) is 9.94 Å². The minimum atomic E-state index is -1.28. The fourth-order valence-electron chi connectivity index (χ4n) is 3.46. The summed E-state index contributed by atoms with van der Waals surface area (Å²) < 4.78 is 1.09. The second-order valence-electron chi connectivity index (χ2n) is 7.24. The standard InChI is InChI=1S/C18H19N7O7S4/c1-32-21-11(9-7-33-2-3-34-9)14(28)19-12-15(29)25-13(17(30)31)8(5-35-16(12)25)6-36-18-20-22-23-24(18)4-10(26)27/h7,12,16H,2-6H2,1H3,(H,19,28)(H,26,27)(H,30,31)/b21-11+/t12?,16-/m1/s1. The lowest BCUT2D eigenvalue weighted by Crippen LogP contribution is -2.71. The molecule has 14 nitrogen and oxygen atoms in total. The number of nitrogens with one attached hydrogen (secondary N) is 1. The van der Waals surface area contributed by atoms with E-state index in [1.54, 1.807) is 11.8 Å². The lowest BCUT2D eigenvalue weighted by molar-refractivity contribution is -0.150. The van der Waals surface area contributed by atoms with E-state index < -0.39 is 41.7 Å². The SMILES string of the molecule is CO/N=C(/C(=O)NC1C(=O)N2C(C(=O)O)=C(CSc3nnnn3CC(=O)O)CS[C@H]12)C1=CSCCS1. The van der Waals surface area contributed by atoms with Crippen molar-refractivity contribution >= 4 is 76.5 Å². The molecule has 1 saturated heterocycles. The van der Waals surface area contributed by atoms with Crippen LogP contribution in [0.3, 0.4) is 0 Å². The highest BCUT2D eigenvalue weighted by Gasteiger charge is 2.54. The van der Waals surface area contributed by atoms with Gasteiger partial charge in [-0.3, -0.25) is 19.3 Å². The van der Waals surface area contributed by atoms with Crippen LogP contribution in [0.1, 0.15) is 0 Å². The third-order valence-corrected chi connectivity index (χ3v) is 9.64. The van der Waals surface area contributed by atoms with Gasteiger partial charge in [-0.05, 0) is 21.4 Å². The lowest BCUT2D eigenvalue weighted by Gasteiger charge is -2.49. The van der Waals surface area contributed by atoms with E-state index in [0.717, 1.165) is 32.8 Å². The van der Waals surface area contributed by atoms with Gasteiger partial charge in [-0.1, -0.05) is 16.9 Å². The second-order valence-corrected chi connectivity index (χ2v) is 11.4. The van der Waals surface area contributed by atoms with Crippen molar-refractivity contribution in [2.75, 3.05) is 30.1 Å². The highest BCUT2D eigenvalue weighted by molar-refractivity contribution is 8.10. The zero-order valence-electron chi connectivity index (χ0n) is 18.5. The summed E-state index contributed by atoms with van der Waals surface area (Å²) in [5.41, 5.74) is 0.359. The number of fused-ring (bicyclic) bond motifs is 1. The first-order chi connectivity index (χ1) is 17.3. The third-order valence-electron chi connectivity index (χ3n) is 4.98. The van der Waals surface area contributed by atoms with Crippen molar-refractivity contribution in [3.05, 3.63) is 21.6 Å². The summed E-state index contributed by atoms with van der Waals surface area (Å²) >= 11 is 5.40. The number of hydrogen-bond acceptors (Lipinski definition) is 13. The zero-order chi connectivity index (χ0) is 25.8. The number of nitrogens with zero attached hydrogens (tertiary/aromatic N) is 6. The van der Waals surface area contributed by atoms with E-state index in [-0.39, 0.29) is 28.1 Å². The Kier molecular flexibility index (Phi) is 8.47. The molecule has 18 heteroatoms. The van der Waals surface area contributed by atoms with Crippen molar-refractivity contribution < 1.29 is 34.2 Å². The number of tetrazole rings is 1. The summed E-state index contributed by atoms with van der Waals surface area (Å²) in [6, 6.07) is -0.919. The number of aliphatic carboxylic acids is 2. The highest BCUT2D eigenvalue weighted by Crippen LogP contribution is 2.41. The molecule has 2 atom stereocenters. The molecule has 0 bridgehead atoms. The van der Waals surface area contributed by atoms with Gasteiger partial charge in [-0.15, -0.1) is 40.4 Å². The number of carboxylic acids is 2. The molecule has 0 spiro atoms. The predicted molar refractivity (Wildman–Crippen MR) is 133 cm³/mol. The number of carbonyl (C=O) groups is 4. The molecule has 36 heavy (non-hydrogen) atoms. The van der Waals surface area contributed by atoms with E-state index in [0.29, 0.717) is 10.5 Å². The molecule has 3 N–H and O–H groups in total. The highest BCUT2D eigenvalue weighted by atomic mass is 32.2. The summed E-state index contributed by atoms with van der Waals surface area (Å²) in [5.74, 6) is -1.40. The number of amides is 2. The molecule has 0 aromatic carbocycles. The Hall–Kier alpha value is -2.70. The molecule has 3 aliphatic rings. The molecule has 0 saturated carbocycles. The molecule has 4 rings (SSSR count). The normalized spacial score (nSPS) is 21.9. The van der Waals surface area contributed by atoms with E-state index in [2.05, 4.69) is 26.0 Å². The molecule has 1 aromatic heterocycles. The van der Waals surface area contributed by atoms with E-state index in [9.17, 15) is 24.3 Å². The minimum Gasteiger partial charge on any atom is -0.480 e. The molecule has 2 amide bonds. The van der Waals surface area contributed by atoms with Gasteiger partial charge in [-0.2, -0.15) is 0 Å². The van der Waals surface area contributed by atoms with Crippen LogP contribution in [-0.2, 0) is 30.6 Å². The van der Waals surface area contributed by atoms with Gasteiger partial charge in [0, 0.05) is 27.9 Å². The van der Waals surface area contributed by atoms with Crippen molar-refractivity contribution in [3.63, 3.8) is 0 Å². The maximum Gasteiger partial charge on any atom is 0.352 e. The summed E-state index contributed by atoms with van der Waals surface area (Å²) in [5, 5.41) is 37.6. The maximum absolute atomic E-state index is 13.0. The van der Waals surface area contributed by atoms with Crippen molar-refractivity contribution in [2.45, 2.75) is 23.1 Å². The number of carbonyl (C=O) groups excluding carboxylic acids is 2. The van der Waals surface area contributed by atoms with Gasteiger partial charge in [0.1, 0.15) is 30.8 Å². The maximum atomic E-state index is 13.0. The Morgan fingerprint density at radius 2 is 2.14 bits per heavy atom. The Labute approximate surface area is 220 Å². The van der Waals surface area contributed by atoms with Crippen LogP contribution in [0.5, 0.6) is 0 Å². The molecule has 1 fully saturated rings. The molecular weight excluding hydrogens is 555 g/mol. The van der Waals surface area contributed by atoms with Crippen LogP contribution < -0.4 is 5.32 Å². The molecule has 192 valence electrons. The van der Waals surface area contributed by atoms with E-state index in [1.165, 1.54) is 30.6 Å². The van der Waals surface area contributed by atoms with Gasteiger partial charge in [0.15, 0.2) is 5.71 Å². The van der Waals surface area contributed by atoms with Crippen LogP contribution in [-0.4, -0.2) is 106 Å². The molecular formula is C18H19N7O7S4. The quantitative estimate of drug-likeness (QED) is 0.146. The van der Waals surface area contributed by atoms with Crippen molar-refractivity contribution in [1.29, 1.82) is 0 Å². The molecule has 1 unspecified atom stereocenters. The fourth-order valence-corrected chi connectivity index (χ4v) is 7.89. The van der Waals surface area contributed by atoms with Crippen molar-refractivity contribution in [2.24, 2.45) is 5.16 Å². The molecule has 4 heterocycles. The topological polar surface area (TPSA) is 189 Å². The molecule has 0 aliphatic carbocycles.